The standard InChI is InChI=1S/C23H22N4O3/c1-3-30-22(28)19-15(2)24-23(29)25-21(19)18-14-27(17-12-8-5-9-13-17)26-20(18)16-10-6-4-7-11-16/h4-14,19,21H,2-3H2,1H3,(H2,24,25,29). The third-order valence-corrected chi connectivity index (χ3v) is 4.96. The Labute approximate surface area is 174 Å². The van der Waals surface area contributed by atoms with Gasteiger partial charge in [0.05, 0.1) is 24.0 Å². The molecule has 7 nitrogen and oxygen atoms in total. The molecular weight excluding hydrogens is 380 g/mol. The van der Waals surface area contributed by atoms with E-state index in [0.29, 0.717) is 17.0 Å². The molecule has 2 atom stereocenters. The van der Waals surface area contributed by atoms with E-state index in [1.807, 2.05) is 66.9 Å². The lowest BCUT2D eigenvalue weighted by Crippen LogP contribution is -2.51. The molecule has 2 amide bonds. The summed E-state index contributed by atoms with van der Waals surface area (Å²) in [4.78, 5) is 25.0. The van der Waals surface area contributed by atoms with Gasteiger partial charge in [0, 0.05) is 23.0 Å². The second kappa shape index (κ2) is 8.24. The number of ether oxygens (including phenoxy) is 1. The molecule has 3 aromatic rings. The summed E-state index contributed by atoms with van der Waals surface area (Å²) in [5, 5.41) is 10.2. The molecule has 1 saturated heterocycles. The summed E-state index contributed by atoms with van der Waals surface area (Å²) in [5.41, 5.74) is 3.43. The maximum atomic E-state index is 12.7. The van der Waals surface area contributed by atoms with E-state index >= 15 is 0 Å². The van der Waals surface area contributed by atoms with Crippen molar-refractivity contribution in [1.29, 1.82) is 0 Å². The molecule has 4 rings (SSSR count). The molecule has 2 N–H and O–H groups in total. The zero-order valence-corrected chi connectivity index (χ0v) is 16.5. The Bertz CT molecular complexity index is 1080. The van der Waals surface area contributed by atoms with Crippen LogP contribution in [0.4, 0.5) is 4.79 Å². The average Bonchev–Trinajstić information content (AvgIpc) is 3.20. The molecule has 0 saturated carbocycles. The van der Waals surface area contributed by atoms with Crippen LogP contribution in [0.15, 0.2) is 79.1 Å². The number of carbonyl (C=O) groups is 2. The summed E-state index contributed by atoms with van der Waals surface area (Å²) < 4.78 is 7.00. The van der Waals surface area contributed by atoms with E-state index in [-0.39, 0.29) is 6.61 Å². The van der Waals surface area contributed by atoms with Crippen molar-refractivity contribution in [2.45, 2.75) is 13.0 Å². The van der Waals surface area contributed by atoms with Crippen molar-refractivity contribution in [3.05, 3.63) is 84.7 Å². The number of amides is 2. The maximum Gasteiger partial charge on any atom is 0.319 e. The molecular formula is C23H22N4O3. The highest BCUT2D eigenvalue weighted by molar-refractivity contribution is 5.86. The lowest BCUT2D eigenvalue weighted by atomic mass is 9.88. The zero-order chi connectivity index (χ0) is 21.1. The van der Waals surface area contributed by atoms with Gasteiger partial charge in [-0.15, -0.1) is 0 Å². The highest BCUT2D eigenvalue weighted by atomic mass is 16.5. The molecule has 0 aliphatic carbocycles. The predicted molar refractivity (Wildman–Crippen MR) is 113 cm³/mol. The maximum absolute atomic E-state index is 12.7. The van der Waals surface area contributed by atoms with E-state index in [0.717, 1.165) is 11.3 Å². The summed E-state index contributed by atoms with van der Waals surface area (Å²) in [6, 6.07) is 18.2. The lowest BCUT2D eigenvalue weighted by Gasteiger charge is -2.32. The van der Waals surface area contributed by atoms with E-state index in [9.17, 15) is 9.59 Å². The van der Waals surface area contributed by atoms with Crippen LogP contribution in [0.25, 0.3) is 16.9 Å². The summed E-state index contributed by atoms with van der Waals surface area (Å²) >= 11 is 0. The van der Waals surface area contributed by atoms with Crippen molar-refractivity contribution >= 4 is 12.0 Å². The van der Waals surface area contributed by atoms with E-state index in [2.05, 4.69) is 17.2 Å². The minimum atomic E-state index is -0.779. The van der Waals surface area contributed by atoms with Gasteiger partial charge in [0.2, 0.25) is 0 Å². The van der Waals surface area contributed by atoms with Crippen LogP contribution in [0, 0.1) is 5.92 Å². The Kier molecular flexibility index (Phi) is 5.34. The lowest BCUT2D eigenvalue weighted by molar-refractivity contribution is -0.147. The number of esters is 1. The minimum Gasteiger partial charge on any atom is -0.465 e. The molecule has 1 aliphatic heterocycles. The van der Waals surface area contributed by atoms with Crippen molar-refractivity contribution in [1.82, 2.24) is 20.4 Å². The molecule has 152 valence electrons. The first-order valence-electron chi connectivity index (χ1n) is 9.72. The van der Waals surface area contributed by atoms with Gasteiger partial charge in [0.15, 0.2) is 0 Å². The van der Waals surface area contributed by atoms with Crippen LogP contribution < -0.4 is 10.6 Å². The second-order valence-corrected chi connectivity index (χ2v) is 6.91. The topological polar surface area (TPSA) is 85.3 Å². The number of urea groups is 1. The second-order valence-electron chi connectivity index (χ2n) is 6.91. The van der Waals surface area contributed by atoms with Crippen molar-refractivity contribution in [3.63, 3.8) is 0 Å². The fourth-order valence-corrected chi connectivity index (χ4v) is 3.60. The number of para-hydroxylation sites is 1. The number of rotatable bonds is 5. The summed E-state index contributed by atoms with van der Waals surface area (Å²) in [7, 11) is 0. The highest BCUT2D eigenvalue weighted by Gasteiger charge is 2.41. The van der Waals surface area contributed by atoms with Gasteiger partial charge in [0.1, 0.15) is 5.92 Å². The van der Waals surface area contributed by atoms with Crippen molar-refractivity contribution in [3.8, 4) is 16.9 Å². The SMILES string of the molecule is C=C1NC(=O)NC(c2cn(-c3ccccc3)nc2-c2ccccc2)C1C(=O)OCC. The van der Waals surface area contributed by atoms with Gasteiger partial charge in [-0.3, -0.25) is 4.79 Å². The van der Waals surface area contributed by atoms with Crippen LogP contribution >= 0.6 is 0 Å². The average molecular weight is 402 g/mol. The zero-order valence-electron chi connectivity index (χ0n) is 16.5. The first kappa shape index (κ1) is 19.4. The number of nitrogens with zero attached hydrogens (tertiary/aromatic N) is 2. The van der Waals surface area contributed by atoms with Gasteiger partial charge in [-0.05, 0) is 19.1 Å². The summed E-state index contributed by atoms with van der Waals surface area (Å²) in [5.74, 6) is -1.23. The molecule has 1 fully saturated rings. The monoisotopic (exact) mass is 402 g/mol. The number of nitrogens with one attached hydrogen (secondary N) is 2. The van der Waals surface area contributed by atoms with Crippen LogP contribution in [-0.4, -0.2) is 28.4 Å². The van der Waals surface area contributed by atoms with Crippen molar-refractivity contribution < 1.29 is 14.3 Å². The van der Waals surface area contributed by atoms with E-state index in [1.54, 1.807) is 11.6 Å². The molecule has 0 spiro atoms. The molecule has 2 heterocycles. The molecule has 30 heavy (non-hydrogen) atoms. The van der Waals surface area contributed by atoms with Gasteiger partial charge in [0.25, 0.3) is 0 Å². The van der Waals surface area contributed by atoms with Gasteiger partial charge in [-0.1, -0.05) is 55.1 Å². The Morgan fingerprint density at radius 3 is 2.47 bits per heavy atom. The first-order valence-corrected chi connectivity index (χ1v) is 9.72. The quantitative estimate of drug-likeness (QED) is 0.639. The van der Waals surface area contributed by atoms with Gasteiger partial charge in [-0.2, -0.15) is 5.10 Å². The number of benzene rings is 2. The minimum absolute atomic E-state index is 0.234. The van der Waals surface area contributed by atoms with Crippen LogP contribution in [-0.2, 0) is 9.53 Å². The third kappa shape index (κ3) is 3.69. The molecule has 0 radical (unpaired) electrons. The molecule has 1 aromatic heterocycles. The van der Waals surface area contributed by atoms with Crippen LogP contribution in [0.5, 0.6) is 0 Å². The summed E-state index contributed by atoms with van der Waals surface area (Å²) in [6.45, 7) is 5.87. The largest absolute Gasteiger partial charge is 0.465 e. The normalized spacial score (nSPS) is 18.4. The van der Waals surface area contributed by atoms with Crippen LogP contribution in [0.1, 0.15) is 18.5 Å². The van der Waals surface area contributed by atoms with Crippen molar-refractivity contribution in [2.75, 3.05) is 6.61 Å². The highest BCUT2D eigenvalue weighted by Crippen LogP contribution is 2.36. The Morgan fingerprint density at radius 2 is 1.80 bits per heavy atom. The smallest absolute Gasteiger partial charge is 0.319 e. The number of hydrogen-bond donors (Lipinski definition) is 2. The molecule has 2 aromatic carbocycles. The molecule has 7 heteroatoms. The predicted octanol–water partition coefficient (Wildman–Crippen LogP) is 3.59. The number of hydrogen-bond acceptors (Lipinski definition) is 4. The molecule has 2 unspecified atom stereocenters. The first-order chi connectivity index (χ1) is 14.6. The van der Waals surface area contributed by atoms with E-state index in [4.69, 9.17) is 9.84 Å². The van der Waals surface area contributed by atoms with E-state index in [1.165, 1.54) is 0 Å². The van der Waals surface area contributed by atoms with Crippen LogP contribution in [0.2, 0.25) is 0 Å². The Balaban J connectivity index is 1.86. The number of aromatic nitrogens is 2. The van der Waals surface area contributed by atoms with E-state index < -0.39 is 24.0 Å². The van der Waals surface area contributed by atoms with Crippen molar-refractivity contribution in [2.24, 2.45) is 5.92 Å². The molecule has 0 bridgehead atoms. The Morgan fingerprint density at radius 1 is 1.13 bits per heavy atom. The number of carbonyl (C=O) groups excluding carboxylic acids is 2. The van der Waals surface area contributed by atoms with Gasteiger partial charge < -0.3 is 15.4 Å². The fraction of sp³-hybridized carbons (Fsp3) is 0.174. The van der Waals surface area contributed by atoms with Crippen LogP contribution in [0.3, 0.4) is 0 Å². The Hall–Kier alpha value is -3.87. The van der Waals surface area contributed by atoms with Gasteiger partial charge >= 0.3 is 12.0 Å². The summed E-state index contributed by atoms with van der Waals surface area (Å²) in [6.07, 6.45) is 1.84. The third-order valence-electron chi connectivity index (χ3n) is 4.96. The van der Waals surface area contributed by atoms with Gasteiger partial charge in [-0.25, -0.2) is 9.48 Å². The fourth-order valence-electron chi connectivity index (χ4n) is 3.60. The molecule has 1 aliphatic rings.